The van der Waals surface area contributed by atoms with Gasteiger partial charge in [0.1, 0.15) is 5.69 Å². The fourth-order valence-electron chi connectivity index (χ4n) is 2.86. The predicted molar refractivity (Wildman–Crippen MR) is 117 cm³/mol. The van der Waals surface area contributed by atoms with Crippen molar-refractivity contribution >= 4 is 40.2 Å². The van der Waals surface area contributed by atoms with Gasteiger partial charge in [0.15, 0.2) is 6.61 Å². The van der Waals surface area contributed by atoms with Crippen molar-refractivity contribution < 1.29 is 29.1 Å². The van der Waals surface area contributed by atoms with Gasteiger partial charge in [-0.25, -0.2) is 4.79 Å². The number of non-ortho nitro benzene ring substituents is 2. The van der Waals surface area contributed by atoms with Crippen molar-refractivity contribution in [2.75, 3.05) is 11.9 Å². The lowest BCUT2D eigenvalue weighted by molar-refractivity contribution is -0.393. The van der Waals surface area contributed by atoms with E-state index in [0.717, 1.165) is 18.2 Å². The summed E-state index contributed by atoms with van der Waals surface area (Å²) in [6.07, 6.45) is 0. The first-order valence-electron chi connectivity index (χ1n) is 9.40. The average molecular weight is 466 g/mol. The highest BCUT2D eigenvalue weighted by atomic mass is 16.6. The van der Waals surface area contributed by atoms with Crippen LogP contribution in [0.3, 0.4) is 0 Å². The Labute approximate surface area is 190 Å². The summed E-state index contributed by atoms with van der Waals surface area (Å²) < 4.78 is 4.98. The zero-order valence-electron chi connectivity index (χ0n) is 17.1. The molecule has 0 fully saturated rings. The molecule has 0 heterocycles. The van der Waals surface area contributed by atoms with Gasteiger partial charge in [0.05, 0.1) is 26.4 Å². The topological polar surface area (TPSA) is 185 Å². The maximum absolute atomic E-state index is 12.4. The van der Waals surface area contributed by atoms with Gasteiger partial charge < -0.3 is 10.1 Å². The predicted octanol–water partition coefficient (Wildman–Crippen LogP) is 4.19. The van der Waals surface area contributed by atoms with Crippen LogP contribution in [0.1, 0.15) is 20.7 Å². The van der Waals surface area contributed by atoms with E-state index in [1.54, 1.807) is 0 Å². The van der Waals surface area contributed by atoms with Crippen molar-refractivity contribution in [3.63, 3.8) is 0 Å². The molecule has 0 unspecified atom stereocenters. The molecule has 172 valence electrons. The van der Waals surface area contributed by atoms with Crippen LogP contribution >= 0.6 is 0 Å². The largest absolute Gasteiger partial charge is 0.454 e. The van der Waals surface area contributed by atoms with E-state index in [-0.39, 0.29) is 28.2 Å². The first kappa shape index (κ1) is 23.5. The Bertz CT molecular complexity index is 1320. The van der Waals surface area contributed by atoms with Gasteiger partial charge >= 0.3 is 5.97 Å². The quantitative estimate of drug-likeness (QED) is 0.207. The van der Waals surface area contributed by atoms with Crippen molar-refractivity contribution in [1.82, 2.24) is 0 Å². The number of carbonyl (C=O) groups is 2. The summed E-state index contributed by atoms with van der Waals surface area (Å²) in [5.41, 5.74) is -1.05. The van der Waals surface area contributed by atoms with Crippen LogP contribution in [-0.2, 0) is 4.74 Å². The van der Waals surface area contributed by atoms with Crippen molar-refractivity contribution in [2.24, 2.45) is 0 Å². The second-order valence-electron chi connectivity index (χ2n) is 6.73. The minimum absolute atomic E-state index is 0.00268. The molecule has 3 rings (SSSR count). The van der Waals surface area contributed by atoms with Crippen LogP contribution in [0.4, 0.5) is 28.4 Å². The maximum Gasteiger partial charge on any atom is 0.338 e. The number of esters is 1. The molecule has 0 aliphatic carbocycles. The van der Waals surface area contributed by atoms with Crippen molar-refractivity contribution in [3.05, 3.63) is 108 Å². The van der Waals surface area contributed by atoms with E-state index < -0.39 is 44.5 Å². The van der Waals surface area contributed by atoms with Crippen LogP contribution in [0.15, 0.2) is 66.7 Å². The lowest BCUT2D eigenvalue weighted by Gasteiger charge is -2.09. The SMILES string of the molecule is O=C(COC(=O)c1cccc(Nc2ccc([N+](=O)[O-])cc2[N+](=O)[O-])c1)c1cccc([N+](=O)[O-])c1. The lowest BCUT2D eigenvalue weighted by atomic mass is 10.1. The molecule has 13 nitrogen and oxygen atoms in total. The summed E-state index contributed by atoms with van der Waals surface area (Å²) in [6.45, 7) is -0.661. The smallest absolute Gasteiger partial charge is 0.338 e. The number of benzene rings is 3. The Kier molecular flexibility index (Phi) is 6.87. The second kappa shape index (κ2) is 9.95. The van der Waals surface area contributed by atoms with Crippen LogP contribution in [0.5, 0.6) is 0 Å². The summed E-state index contributed by atoms with van der Waals surface area (Å²) in [5, 5.41) is 35.7. The van der Waals surface area contributed by atoms with E-state index in [0.29, 0.717) is 0 Å². The highest BCUT2D eigenvalue weighted by Gasteiger charge is 2.20. The molecule has 0 atom stereocenters. The molecule has 0 radical (unpaired) electrons. The molecule has 3 aromatic rings. The van der Waals surface area contributed by atoms with Gasteiger partial charge in [-0.1, -0.05) is 18.2 Å². The molecule has 0 saturated heterocycles. The van der Waals surface area contributed by atoms with E-state index >= 15 is 0 Å². The molecule has 0 aliphatic rings. The number of nitrogens with one attached hydrogen (secondary N) is 1. The second-order valence-corrected chi connectivity index (χ2v) is 6.73. The van der Waals surface area contributed by atoms with E-state index in [1.165, 1.54) is 48.5 Å². The third-order valence-corrected chi connectivity index (χ3v) is 4.48. The third-order valence-electron chi connectivity index (χ3n) is 4.48. The van der Waals surface area contributed by atoms with Crippen molar-refractivity contribution in [2.45, 2.75) is 0 Å². The number of nitrogens with zero attached hydrogens (tertiary/aromatic N) is 3. The number of rotatable bonds is 9. The van der Waals surface area contributed by atoms with Crippen LogP contribution in [0.25, 0.3) is 0 Å². The fourth-order valence-corrected chi connectivity index (χ4v) is 2.86. The molecule has 1 N–H and O–H groups in total. The zero-order chi connectivity index (χ0) is 24.8. The Hall–Kier alpha value is -5.20. The lowest BCUT2D eigenvalue weighted by Crippen LogP contribution is -2.14. The monoisotopic (exact) mass is 466 g/mol. The molecule has 0 aromatic heterocycles. The average Bonchev–Trinajstić information content (AvgIpc) is 2.82. The normalized spacial score (nSPS) is 10.2. The van der Waals surface area contributed by atoms with Crippen LogP contribution in [0.2, 0.25) is 0 Å². The Morgan fingerprint density at radius 3 is 2.09 bits per heavy atom. The van der Waals surface area contributed by atoms with Crippen molar-refractivity contribution in [1.29, 1.82) is 0 Å². The zero-order valence-corrected chi connectivity index (χ0v) is 17.1. The number of carbonyl (C=O) groups excluding carboxylic acids is 2. The number of nitro benzene ring substituents is 3. The van der Waals surface area contributed by atoms with Gasteiger partial charge in [-0.15, -0.1) is 0 Å². The molecular weight excluding hydrogens is 452 g/mol. The molecule has 0 spiro atoms. The van der Waals surface area contributed by atoms with Crippen LogP contribution in [0, 0.1) is 30.3 Å². The van der Waals surface area contributed by atoms with E-state index in [4.69, 9.17) is 4.74 Å². The van der Waals surface area contributed by atoms with E-state index in [9.17, 15) is 39.9 Å². The summed E-state index contributed by atoms with van der Waals surface area (Å²) in [5.74, 6) is -1.52. The number of hydrogen-bond donors (Lipinski definition) is 1. The van der Waals surface area contributed by atoms with E-state index in [1.807, 2.05) is 0 Å². The van der Waals surface area contributed by atoms with Gasteiger partial charge in [-0.05, 0) is 24.3 Å². The Balaban J connectivity index is 1.72. The van der Waals surface area contributed by atoms with Crippen LogP contribution < -0.4 is 5.32 Å². The molecule has 13 heteroatoms. The Morgan fingerprint density at radius 2 is 1.41 bits per heavy atom. The molecule has 0 amide bonds. The van der Waals surface area contributed by atoms with Gasteiger partial charge in [0.2, 0.25) is 5.78 Å². The fraction of sp³-hybridized carbons (Fsp3) is 0.0476. The van der Waals surface area contributed by atoms with E-state index in [2.05, 4.69) is 5.32 Å². The van der Waals surface area contributed by atoms with Gasteiger partial charge in [0, 0.05) is 29.4 Å². The first-order chi connectivity index (χ1) is 16.2. The Morgan fingerprint density at radius 1 is 0.765 bits per heavy atom. The highest BCUT2D eigenvalue weighted by molar-refractivity contribution is 6.00. The summed E-state index contributed by atoms with van der Waals surface area (Å²) in [7, 11) is 0. The minimum Gasteiger partial charge on any atom is -0.454 e. The molecule has 0 saturated carbocycles. The number of anilines is 2. The first-order valence-corrected chi connectivity index (χ1v) is 9.40. The van der Waals surface area contributed by atoms with Crippen LogP contribution in [-0.4, -0.2) is 33.1 Å². The minimum atomic E-state index is -0.874. The number of Topliss-reactive ketones (excluding diaryl/α,β-unsaturated/α-hetero) is 1. The summed E-state index contributed by atoms with van der Waals surface area (Å²) in [4.78, 5) is 55.4. The number of ketones is 1. The number of nitro groups is 3. The summed E-state index contributed by atoms with van der Waals surface area (Å²) in [6, 6.07) is 13.7. The maximum atomic E-state index is 12.4. The standard InChI is InChI=1S/C21H14N4O9/c26-20(13-3-2-6-16(10-13)23(28)29)12-34-21(27)14-4-1-5-15(9-14)22-18-8-7-17(24(30)31)11-19(18)25(32)33/h1-11,22H,12H2. The summed E-state index contributed by atoms with van der Waals surface area (Å²) >= 11 is 0. The third kappa shape index (κ3) is 5.53. The van der Waals surface area contributed by atoms with Gasteiger partial charge in [-0.2, -0.15) is 0 Å². The number of hydrogen-bond acceptors (Lipinski definition) is 10. The van der Waals surface area contributed by atoms with Crippen molar-refractivity contribution in [3.8, 4) is 0 Å². The molecule has 0 bridgehead atoms. The van der Waals surface area contributed by atoms with Gasteiger partial charge in [0.25, 0.3) is 17.1 Å². The number of ether oxygens (including phenoxy) is 1. The van der Waals surface area contributed by atoms with Gasteiger partial charge in [-0.3, -0.25) is 35.1 Å². The highest BCUT2D eigenvalue weighted by Crippen LogP contribution is 2.31. The molecule has 0 aliphatic heterocycles. The molecule has 34 heavy (non-hydrogen) atoms. The molecular formula is C21H14N4O9. The molecule has 3 aromatic carbocycles.